The molecule has 36 heavy (non-hydrogen) atoms. The first-order valence-corrected chi connectivity index (χ1v) is 12.8. The summed E-state index contributed by atoms with van der Waals surface area (Å²) in [6, 6.07) is 20.6. The molecular weight excluding hydrogens is 542 g/mol. The van der Waals surface area contributed by atoms with Gasteiger partial charge in [-0.2, -0.15) is 0 Å². The zero-order chi connectivity index (χ0) is 25.4. The van der Waals surface area contributed by atoms with Gasteiger partial charge in [0.1, 0.15) is 12.4 Å². The van der Waals surface area contributed by atoms with Crippen LogP contribution < -0.4 is 10.1 Å². The number of dihydropyridines is 1. The highest BCUT2D eigenvalue weighted by atomic mass is 79.9. The number of hydrogen-bond donors (Lipinski definition) is 1. The van der Waals surface area contributed by atoms with Gasteiger partial charge in [-0.25, -0.2) is 4.79 Å². The van der Waals surface area contributed by atoms with E-state index in [0.717, 1.165) is 22.4 Å². The molecule has 1 aliphatic carbocycles. The largest absolute Gasteiger partial charge is 0.488 e. The summed E-state index contributed by atoms with van der Waals surface area (Å²) in [5.41, 5.74) is 5.48. The third-order valence-corrected chi connectivity index (χ3v) is 7.36. The number of carbonyl (C=O) groups is 2. The first-order chi connectivity index (χ1) is 17.4. The Balaban J connectivity index is 1.55. The first-order valence-electron chi connectivity index (χ1n) is 11.6. The van der Waals surface area contributed by atoms with Crippen LogP contribution in [0, 0.1) is 0 Å². The van der Waals surface area contributed by atoms with Crippen molar-refractivity contribution in [1.82, 2.24) is 5.32 Å². The van der Waals surface area contributed by atoms with Gasteiger partial charge in [-0.3, -0.25) is 4.79 Å². The number of fused-ring (bicyclic) bond motifs is 2. The van der Waals surface area contributed by atoms with Gasteiger partial charge >= 0.3 is 5.97 Å². The van der Waals surface area contributed by atoms with E-state index >= 15 is 0 Å². The average molecular weight is 565 g/mol. The van der Waals surface area contributed by atoms with Crippen LogP contribution in [0.25, 0.3) is 5.70 Å². The van der Waals surface area contributed by atoms with Crippen molar-refractivity contribution < 1.29 is 19.1 Å². The van der Waals surface area contributed by atoms with E-state index in [9.17, 15) is 9.59 Å². The smallest absolute Gasteiger partial charge is 0.336 e. The fourth-order valence-corrected chi connectivity index (χ4v) is 5.43. The van der Waals surface area contributed by atoms with E-state index in [1.54, 1.807) is 6.92 Å². The average Bonchev–Trinajstić information content (AvgIpc) is 3.15. The summed E-state index contributed by atoms with van der Waals surface area (Å²) in [5, 5.41) is 3.95. The van der Waals surface area contributed by atoms with Crippen molar-refractivity contribution in [2.45, 2.75) is 26.4 Å². The number of benzene rings is 3. The molecule has 0 aromatic heterocycles. The molecule has 0 bridgehead atoms. The van der Waals surface area contributed by atoms with Gasteiger partial charge in [0.05, 0.1) is 22.3 Å². The van der Waals surface area contributed by atoms with Gasteiger partial charge in [0, 0.05) is 38.9 Å². The number of halogens is 2. The Bertz CT molecular complexity index is 1460. The van der Waals surface area contributed by atoms with Crippen molar-refractivity contribution in [3.8, 4) is 5.75 Å². The van der Waals surface area contributed by atoms with E-state index in [2.05, 4.69) is 21.2 Å². The van der Waals surface area contributed by atoms with Crippen LogP contribution in [0.1, 0.15) is 46.8 Å². The van der Waals surface area contributed by atoms with E-state index in [1.807, 2.05) is 73.7 Å². The third-order valence-electron chi connectivity index (χ3n) is 6.37. The molecule has 3 aromatic rings. The summed E-state index contributed by atoms with van der Waals surface area (Å²) in [5.74, 6) is -0.504. The SMILES string of the molecule is CCOC(=O)C1=C(C)NC2=C(C(=O)c3ccccc32)[C@H]1c1ccc(OCc2ccccc2Cl)c(Br)c1. The number of Topliss-reactive ketones (excluding diaryl/α,β-unsaturated/α-hetero) is 1. The van der Waals surface area contributed by atoms with Gasteiger partial charge in [0.25, 0.3) is 0 Å². The number of ether oxygens (including phenoxy) is 2. The molecule has 5 rings (SSSR count). The highest BCUT2D eigenvalue weighted by molar-refractivity contribution is 9.10. The zero-order valence-electron chi connectivity index (χ0n) is 19.7. The fourth-order valence-electron chi connectivity index (χ4n) is 4.73. The van der Waals surface area contributed by atoms with Crippen LogP contribution in [-0.4, -0.2) is 18.4 Å². The number of nitrogens with one attached hydrogen (secondary N) is 1. The lowest BCUT2D eigenvalue weighted by atomic mass is 9.80. The van der Waals surface area contributed by atoms with Crippen LogP contribution in [0.15, 0.2) is 88.0 Å². The Morgan fingerprint density at radius 3 is 2.50 bits per heavy atom. The van der Waals surface area contributed by atoms with Crippen LogP contribution in [0.5, 0.6) is 5.75 Å². The molecule has 0 radical (unpaired) electrons. The van der Waals surface area contributed by atoms with Crippen molar-refractivity contribution >= 4 is 45.0 Å². The maximum atomic E-state index is 13.6. The van der Waals surface area contributed by atoms with Gasteiger partial charge in [-0.1, -0.05) is 60.1 Å². The molecule has 3 aromatic carbocycles. The Morgan fingerprint density at radius 1 is 1.06 bits per heavy atom. The van der Waals surface area contributed by atoms with E-state index in [0.29, 0.717) is 44.3 Å². The van der Waals surface area contributed by atoms with E-state index in [-0.39, 0.29) is 12.4 Å². The summed E-state index contributed by atoms with van der Waals surface area (Å²) in [4.78, 5) is 26.7. The van der Waals surface area contributed by atoms with E-state index in [4.69, 9.17) is 21.1 Å². The molecular formula is C29H23BrClNO4. The highest BCUT2D eigenvalue weighted by Crippen LogP contribution is 2.47. The van der Waals surface area contributed by atoms with Crippen molar-refractivity contribution in [1.29, 1.82) is 0 Å². The Labute approximate surface area is 222 Å². The second-order valence-corrected chi connectivity index (χ2v) is 9.81. The molecule has 0 fully saturated rings. The van der Waals surface area contributed by atoms with Crippen LogP contribution >= 0.6 is 27.5 Å². The minimum atomic E-state index is -0.589. The van der Waals surface area contributed by atoms with Gasteiger partial charge in [0.15, 0.2) is 5.78 Å². The van der Waals surface area contributed by atoms with Gasteiger partial charge < -0.3 is 14.8 Å². The Hall–Kier alpha value is -3.35. The van der Waals surface area contributed by atoms with Gasteiger partial charge in [0.2, 0.25) is 0 Å². The minimum Gasteiger partial charge on any atom is -0.488 e. The summed E-state index contributed by atoms with van der Waals surface area (Å²) >= 11 is 9.88. The molecule has 182 valence electrons. The number of ketones is 1. The maximum absolute atomic E-state index is 13.6. The number of allylic oxidation sites excluding steroid dienone is 2. The molecule has 0 amide bonds. The molecule has 1 atom stereocenters. The quantitative estimate of drug-likeness (QED) is 0.333. The minimum absolute atomic E-state index is 0.0948. The fraction of sp³-hybridized carbons (Fsp3) is 0.172. The predicted octanol–water partition coefficient (Wildman–Crippen LogP) is 6.81. The molecule has 0 unspecified atom stereocenters. The molecule has 5 nitrogen and oxygen atoms in total. The van der Waals surface area contributed by atoms with Crippen LogP contribution in [0.2, 0.25) is 5.02 Å². The molecule has 7 heteroatoms. The van der Waals surface area contributed by atoms with Crippen molar-refractivity contribution in [2.75, 3.05) is 6.61 Å². The molecule has 0 spiro atoms. The van der Waals surface area contributed by atoms with Crippen molar-refractivity contribution in [2.24, 2.45) is 0 Å². The molecule has 1 aliphatic heterocycles. The summed E-state index contributed by atoms with van der Waals surface area (Å²) in [6.07, 6.45) is 0. The lowest BCUT2D eigenvalue weighted by molar-refractivity contribution is -0.138. The number of esters is 1. The van der Waals surface area contributed by atoms with Crippen LogP contribution in [0.4, 0.5) is 0 Å². The van der Waals surface area contributed by atoms with E-state index < -0.39 is 11.9 Å². The lowest BCUT2D eigenvalue weighted by Crippen LogP contribution is -2.29. The van der Waals surface area contributed by atoms with Gasteiger partial charge in [-0.05, 0) is 53.5 Å². The van der Waals surface area contributed by atoms with E-state index in [1.165, 1.54) is 0 Å². The predicted molar refractivity (Wildman–Crippen MR) is 143 cm³/mol. The monoisotopic (exact) mass is 563 g/mol. The van der Waals surface area contributed by atoms with Crippen LogP contribution in [0.3, 0.4) is 0 Å². The number of carbonyl (C=O) groups excluding carboxylic acids is 2. The van der Waals surface area contributed by atoms with Gasteiger partial charge in [-0.15, -0.1) is 0 Å². The number of hydrogen-bond acceptors (Lipinski definition) is 5. The number of rotatable bonds is 6. The molecule has 1 N–H and O–H groups in total. The third kappa shape index (κ3) is 4.25. The van der Waals surface area contributed by atoms with Crippen molar-refractivity contribution in [3.63, 3.8) is 0 Å². The summed E-state index contributed by atoms with van der Waals surface area (Å²) in [7, 11) is 0. The first kappa shape index (κ1) is 24.3. The maximum Gasteiger partial charge on any atom is 0.336 e. The molecule has 1 heterocycles. The summed E-state index contributed by atoms with van der Waals surface area (Å²) < 4.78 is 12.1. The Morgan fingerprint density at radius 2 is 1.78 bits per heavy atom. The van der Waals surface area contributed by atoms with Crippen LogP contribution in [-0.2, 0) is 16.1 Å². The normalized spacial score (nSPS) is 16.4. The second-order valence-electron chi connectivity index (χ2n) is 8.55. The molecule has 0 saturated heterocycles. The Kier molecular flexibility index (Phi) is 6.73. The molecule has 2 aliphatic rings. The van der Waals surface area contributed by atoms with Crippen molar-refractivity contribution in [3.05, 3.63) is 115 Å². The summed E-state index contributed by atoms with van der Waals surface area (Å²) in [6.45, 7) is 4.15. The molecule has 0 saturated carbocycles. The zero-order valence-corrected chi connectivity index (χ0v) is 22.1. The topological polar surface area (TPSA) is 64.6 Å². The lowest BCUT2D eigenvalue weighted by Gasteiger charge is -2.29. The highest BCUT2D eigenvalue weighted by Gasteiger charge is 2.43. The second kappa shape index (κ2) is 9.96. The standard InChI is InChI=1S/C29H23BrClNO4/c1-3-35-29(34)24-16(2)32-27-19-9-5-6-10-20(19)28(33)26(27)25(24)17-12-13-23(21(30)14-17)36-15-18-8-4-7-11-22(18)31/h4-14,25,32H,3,15H2,1-2H3/t25-/m0/s1.